The third kappa shape index (κ3) is 1.63. The molecule has 0 aromatic heterocycles. The number of rotatable bonds is 2. The third-order valence-corrected chi connectivity index (χ3v) is 2.52. The number of allylic oxidation sites excluding steroid dienone is 2. The van der Waals surface area contributed by atoms with Gasteiger partial charge in [0.1, 0.15) is 0 Å². The van der Waals surface area contributed by atoms with Crippen molar-refractivity contribution in [3.8, 4) is 5.75 Å². The second-order valence-electron chi connectivity index (χ2n) is 3.91. The lowest BCUT2D eigenvalue weighted by Gasteiger charge is -2.24. The van der Waals surface area contributed by atoms with Crippen LogP contribution in [0.2, 0.25) is 0 Å². The SMILES string of the molecule is C=CC1=C(C(=C)C)Oc2c(C)cccc2N1. The predicted molar refractivity (Wildman–Crippen MR) is 67.5 cm³/mol. The first kappa shape index (κ1) is 10.6. The number of para-hydroxylation sites is 1. The summed E-state index contributed by atoms with van der Waals surface area (Å²) >= 11 is 0. The first-order valence-electron chi connectivity index (χ1n) is 5.20. The molecule has 1 aliphatic heterocycles. The zero-order chi connectivity index (χ0) is 11.7. The number of benzene rings is 1. The van der Waals surface area contributed by atoms with Crippen molar-refractivity contribution in [1.82, 2.24) is 0 Å². The number of hydrogen-bond acceptors (Lipinski definition) is 2. The monoisotopic (exact) mass is 213 g/mol. The van der Waals surface area contributed by atoms with Crippen LogP contribution in [-0.2, 0) is 0 Å². The van der Waals surface area contributed by atoms with E-state index in [1.165, 1.54) is 0 Å². The Labute approximate surface area is 95.9 Å². The molecule has 82 valence electrons. The van der Waals surface area contributed by atoms with Gasteiger partial charge in [-0.25, -0.2) is 0 Å². The van der Waals surface area contributed by atoms with Crippen molar-refractivity contribution in [2.45, 2.75) is 13.8 Å². The van der Waals surface area contributed by atoms with Crippen LogP contribution in [0.3, 0.4) is 0 Å². The minimum Gasteiger partial charge on any atom is -0.452 e. The van der Waals surface area contributed by atoms with Crippen molar-refractivity contribution in [3.63, 3.8) is 0 Å². The highest BCUT2D eigenvalue weighted by molar-refractivity contribution is 5.68. The van der Waals surface area contributed by atoms with Gasteiger partial charge in [0.25, 0.3) is 0 Å². The molecular weight excluding hydrogens is 198 g/mol. The van der Waals surface area contributed by atoms with E-state index < -0.39 is 0 Å². The number of hydrogen-bond donors (Lipinski definition) is 1. The van der Waals surface area contributed by atoms with E-state index in [1.807, 2.05) is 32.0 Å². The lowest BCUT2D eigenvalue weighted by Crippen LogP contribution is -2.14. The van der Waals surface area contributed by atoms with E-state index in [1.54, 1.807) is 6.08 Å². The third-order valence-electron chi connectivity index (χ3n) is 2.52. The zero-order valence-corrected chi connectivity index (χ0v) is 9.63. The molecule has 0 atom stereocenters. The Hall–Kier alpha value is -1.96. The summed E-state index contributed by atoms with van der Waals surface area (Å²) in [6.45, 7) is 11.6. The van der Waals surface area contributed by atoms with Crippen LogP contribution in [0.1, 0.15) is 12.5 Å². The maximum Gasteiger partial charge on any atom is 0.153 e. The molecule has 2 heteroatoms. The zero-order valence-electron chi connectivity index (χ0n) is 9.63. The van der Waals surface area contributed by atoms with Gasteiger partial charge in [-0.15, -0.1) is 0 Å². The summed E-state index contributed by atoms with van der Waals surface area (Å²) in [5.41, 5.74) is 3.83. The van der Waals surface area contributed by atoms with E-state index in [0.717, 1.165) is 34.0 Å². The van der Waals surface area contributed by atoms with E-state index in [-0.39, 0.29) is 0 Å². The van der Waals surface area contributed by atoms with Gasteiger partial charge in [-0.3, -0.25) is 0 Å². The first-order valence-corrected chi connectivity index (χ1v) is 5.20. The molecule has 0 unspecified atom stereocenters. The number of anilines is 1. The van der Waals surface area contributed by atoms with E-state index in [2.05, 4.69) is 18.5 Å². The van der Waals surface area contributed by atoms with E-state index in [0.29, 0.717) is 0 Å². The van der Waals surface area contributed by atoms with Crippen LogP contribution in [0, 0.1) is 6.92 Å². The molecule has 1 aromatic carbocycles. The normalized spacial score (nSPS) is 13.6. The molecule has 0 saturated carbocycles. The van der Waals surface area contributed by atoms with Gasteiger partial charge in [0.05, 0.1) is 11.4 Å². The Bertz CT molecular complexity index is 497. The van der Waals surface area contributed by atoms with Crippen LogP contribution in [0.15, 0.2) is 54.5 Å². The summed E-state index contributed by atoms with van der Waals surface area (Å²) in [4.78, 5) is 0. The molecule has 2 nitrogen and oxygen atoms in total. The summed E-state index contributed by atoms with van der Waals surface area (Å²) in [5, 5.41) is 3.29. The molecule has 0 saturated heterocycles. The van der Waals surface area contributed by atoms with Crippen LogP contribution < -0.4 is 10.1 Å². The molecule has 0 aliphatic carbocycles. The van der Waals surface area contributed by atoms with Gasteiger partial charge in [0, 0.05) is 0 Å². The average molecular weight is 213 g/mol. The Morgan fingerprint density at radius 2 is 2.19 bits per heavy atom. The molecule has 1 N–H and O–H groups in total. The molecule has 0 bridgehead atoms. The second-order valence-corrected chi connectivity index (χ2v) is 3.91. The van der Waals surface area contributed by atoms with Gasteiger partial charge in [0.15, 0.2) is 11.5 Å². The highest BCUT2D eigenvalue weighted by Crippen LogP contribution is 2.37. The molecule has 1 aliphatic rings. The second kappa shape index (κ2) is 3.89. The summed E-state index contributed by atoms with van der Waals surface area (Å²) in [6, 6.07) is 6.01. The maximum absolute atomic E-state index is 5.87. The van der Waals surface area contributed by atoms with Gasteiger partial charge in [-0.05, 0) is 37.1 Å². The summed E-state index contributed by atoms with van der Waals surface area (Å²) in [5.74, 6) is 1.63. The molecule has 1 aromatic rings. The van der Waals surface area contributed by atoms with Crippen LogP contribution in [0.5, 0.6) is 5.75 Å². The number of nitrogens with one attached hydrogen (secondary N) is 1. The predicted octanol–water partition coefficient (Wildman–Crippen LogP) is 3.77. The van der Waals surface area contributed by atoms with E-state index >= 15 is 0 Å². The van der Waals surface area contributed by atoms with Crippen LogP contribution in [-0.4, -0.2) is 0 Å². The van der Waals surface area contributed by atoms with Crippen LogP contribution in [0.4, 0.5) is 5.69 Å². The van der Waals surface area contributed by atoms with Gasteiger partial charge >= 0.3 is 0 Å². The lowest BCUT2D eigenvalue weighted by atomic mass is 10.1. The smallest absolute Gasteiger partial charge is 0.153 e. The summed E-state index contributed by atoms with van der Waals surface area (Å²) in [6.07, 6.45) is 1.75. The molecule has 1 heterocycles. The van der Waals surface area contributed by atoms with Gasteiger partial charge in [-0.1, -0.05) is 25.3 Å². The van der Waals surface area contributed by atoms with E-state index in [9.17, 15) is 0 Å². The highest BCUT2D eigenvalue weighted by atomic mass is 16.5. The Balaban J connectivity index is 2.52. The molecular formula is C14H15NO. The standard InChI is InChI=1S/C14H15NO/c1-5-11-13(9(2)3)16-14-10(4)7-6-8-12(14)15-11/h5-8,15H,1-2H2,3-4H3. The summed E-state index contributed by atoms with van der Waals surface area (Å²) in [7, 11) is 0. The highest BCUT2D eigenvalue weighted by Gasteiger charge is 2.19. The number of fused-ring (bicyclic) bond motifs is 1. The number of aryl methyl sites for hydroxylation is 1. The lowest BCUT2D eigenvalue weighted by molar-refractivity contribution is 0.424. The van der Waals surface area contributed by atoms with Gasteiger partial charge in [0.2, 0.25) is 0 Å². The van der Waals surface area contributed by atoms with Gasteiger partial charge < -0.3 is 10.1 Å². The van der Waals surface area contributed by atoms with Crippen molar-refractivity contribution in [2.75, 3.05) is 5.32 Å². The molecule has 0 fully saturated rings. The van der Waals surface area contributed by atoms with Crippen LogP contribution in [0.25, 0.3) is 0 Å². The van der Waals surface area contributed by atoms with Crippen molar-refractivity contribution in [1.29, 1.82) is 0 Å². The maximum atomic E-state index is 5.87. The Kier molecular flexibility index (Phi) is 2.57. The van der Waals surface area contributed by atoms with E-state index in [4.69, 9.17) is 4.74 Å². The van der Waals surface area contributed by atoms with Crippen molar-refractivity contribution >= 4 is 5.69 Å². The van der Waals surface area contributed by atoms with Crippen molar-refractivity contribution < 1.29 is 4.74 Å². The average Bonchev–Trinajstić information content (AvgIpc) is 2.27. The topological polar surface area (TPSA) is 21.3 Å². The fourth-order valence-corrected chi connectivity index (χ4v) is 1.71. The number of ether oxygens (including phenoxy) is 1. The van der Waals surface area contributed by atoms with Crippen LogP contribution >= 0.6 is 0 Å². The molecule has 16 heavy (non-hydrogen) atoms. The van der Waals surface area contributed by atoms with Gasteiger partial charge in [-0.2, -0.15) is 0 Å². The fourth-order valence-electron chi connectivity index (χ4n) is 1.71. The molecule has 0 spiro atoms. The van der Waals surface area contributed by atoms with Crippen molar-refractivity contribution in [2.24, 2.45) is 0 Å². The quantitative estimate of drug-likeness (QED) is 0.807. The minimum absolute atomic E-state index is 0.761. The Morgan fingerprint density at radius 1 is 1.44 bits per heavy atom. The first-order chi connectivity index (χ1) is 7.63. The largest absolute Gasteiger partial charge is 0.452 e. The molecule has 0 amide bonds. The fraction of sp³-hybridized carbons (Fsp3) is 0.143. The summed E-state index contributed by atoms with van der Waals surface area (Å²) < 4.78 is 5.87. The minimum atomic E-state index is 0.761. The Morgan fingerprint density at radius 3 is 2.81 bits per heavy atom. The van der Waals surface area contributed by atoms with Crippen molar-refractivity contribution in [3.05, 3.63) is 60.0 Å². The molecule has 2 rings (SSSR count). The molecule has 0 radical (unpaired) electrons.